The summed E-state index contributed by atoms with van der Waals surface area (Å²) in [6.45, 7) is 5.82. The number of nitrogens with zero attached hydrogens (tertiary/aromatic N) is 3. The average molecular weight is 475 g/mol. The van der Waals surface area contributed by atoms with Crippen molar-refractivity contribution in [3.05, 3.63) is 44.8 Å². The number of ether oxygens (including phenoxy) is 1. The maximum Gasteiger partial charge on any atom is 0.255 e. The average Bonchev–Trinajstić information content (AvgIpc) is 2.79. The third-order valence-corrected chi connectivity index (χ3v) is 6.04. The number of rotatable bonds is 6. The number of hydrogen-bond acceptors (Lipinski definition) is 7. The first-order valence-electron chi connectivity index (χ1n) is 10.9. The standard InChI is InChI=1S/C22H27ClN6O4/c1-14-16(21(32)27-22(25-14)28-8-10-33-11-9-28)3-5-19(30)26-15-2-4-18(17(23)12-15)29-7-6-24-20(31)13-29/h2,4,12H,3,5-11,13H2,1H3,(H,24,31)(H,26,30)(H,25,27,32). The Kier molecular flexibility index (Phi) is 7.14. The van der Waals surface area contributed by atoms with E-state index in [0.29, 0.717) is 67.3 Å². The zero-order valence-electron chi connectivity index (χ0n) is 18.4. The highest BCUT2D eigenvalue weighted by Gasteiger charge is 2.20. The molecule has 2 aliphatic heterocycles. The van der Waals surface area contributed by atoms with Gasteiger partial charge in [0.2, 0.25) is 17.8 Å². The Balaban J connectivity index is 1.36. The molecule has 4 rings (SSSR count). The molecule has 0 radical (unpaired) electrons. The molecule has 1 aromatic heterocycles. The number of piperazine rings is 1. The molecule has 2 amide bonds. The van der Waals surface area contributed by atoms with E-state index in [1.54, 1.807) is 25.1 Å². The van der Waals surface area contributed by atoms with Gasteiger partial charge < -0.3 is 25.2 Å². The van der Waals surface area contributed by atoms with E-state index in [4.69, 9.17) is 16.3 Å². The van der Waals surface area contributed by atoms with Gasteiger partial charge in [0, 0.05) is 49.5 Å². The van der Waals surface area contributed by atoms with Crippen LogP contribution < -0.4 is 26.0 Å². The number of amides is 2. The maximum absolute atomic E-state index is 12.6. The highest BCUT2D eigenvalue weighted by molar-refractivity contribution is 6.33. The van der Waals surface area contributed by atoms with Gasteiger partial charge in [-0.3, -0.25) is 19.4 Å². The first kappa shape index (κ1) is 23.1. The predicted octanol–water partition coefficient (Wildman–Crippen LogP) is 1.08. The maximum atomic E-state index is 12.6. The summed E-state index contributed by atoms with van der Waals surface area (Å²) in [6.07, 6.45) is 0.409. The monoisotopic (exact) mass is 474 g/mol. The van der Waals surface area contributed by atoms with Crippen LogP contribution in [0.3, 0.4) is 0 Å². The van der Waals surface area contributed by atoms with Gasteiger partial charge in [-0.2, -0.15) is 0 Å². The van der Waals surface area contributed by atoms with Gasteiger partial charge in [0.1, 0.15) is 0 Å². The van der Waals surface area contributed by atoms with Crippen molar-refractivity contribution >= 4 is 40.7 Å². The molecule has 0 atom stereocenters. The molecule has 0 unspecified atom stereocenters. The minimum atomic E-state index is -0.229. The van der Waals surface area contributed by atoms with E-state index in [2.05, 4.69) is 20.6 Å². The number of carbonyl (C=O) groups excluding carboxylic acids is 2. The van der Waals surface area contributed by atoms with E-state index < -0.39 is 0 Å². The summed E-state index contributed by atoms with van der Waals surface area (Å²) < 4.78 is 5.34. The Morgan fingerprint density at radius 1 is 1.21 bits per heavy atom. The Hall–Kier alpha value is -3.11. The number of aromatic amines is 1. The fraction of sp³-hybridized carbons (Fsp3) is 0.455. The summed E-state index contributed by atoms with van der Waals surface area (Å²) in [5.74, 6) is 0.259. The lowest BCUT2D eigenvalue weighted by Crippen LogP contribution is -2.47. The van der Waals surface area contributed by atoms with Crippen molar-refractivity contribution < 1.29 is 14.3 Å². The number of morpholine rings is 1. The van der Waals surface area contributed by atoms with Crippen molar-refractivity contribution in [3.8, 4) is 0 Å². The number of carbonyl (C=O) groups is 2. The van der Waals surface area contributed by atoms with E-state index >= 15 is 0 Å². The second kappa shape index (κ2) is 10.2. The number of aryl methyl sites for hydroxylation is 1. The molecular formula is C22H27ClN6O4. The van der Waals surface area contributed by atoms with E-state index in [0.717, 1.165) is 5.69 Å². The van der Waals surface area contributed by atoms with E-state index in [-0.39, 0.29) is 36.8 Å². The molecule has 1 aromatic carbocycles. The Bertz CT molecular complexity index is 1100. The van der Waals surface area contributed by atoms with Crippen LogP contribution in [0.5, 0.6) is 0 Å². The van der Waals surface area contributed by atoms with E-state index in [9.17, 15) is 14.4 Å². The van der Waals surface area contributed by atoms with Crippen molar-refractivity contribution in [1.29, 1.82) is 0 Å². The van der Waals surface area contributed by atoms with Crippen molar-refractivity contribution in [2.24, 2.45) is 0 Å². The first-order valence-corrected chi connectivity index (χ1v) is 11.3. The molecule has 2 fully saturated rings. The second-order valence-electron chi connectivity index (χ2n) is 8.04. The van der Waals surface area contributed by atoms with Gasteiger partial charge in [-0.1, -0.05) is 11.6 Å². The Morgan fingerprint density at radius 3 is 2.70 bits per heavy atom. The van der Waals surface area contributed by atoms with Crippen LogP contribution in [0.25, 0.3) is 0 Å². The lowest BCUT2D eigenvalue weighted by Gasteiger charge is -2.29. The van der Waals surface area contributed by atoms with Crippen molar-refractivity contribution in [3.63, 3.8) is 0 Å². The number of nitrogens with one attached hydrogen (secondary N) is 3. The van der Waals surface area contributed by atoms with E-state index in [1.807, 2.05) is 9.80 Å². The highest BCUT2D eigenvalue weighted by atomic mass is 35.5. The quantitative estimate of drug-likeness (QED) is 0.573. The fourth-order valence-electron chi connectivity index (χ4n) is 3.96. The molecule has 2 aliphatic rings. The number of aromatic nitrogens is 2. The summed E-state index contributed by atoms with van der Waals surface area (Å²) in [5.41, 5.74) is 2.19. The van der Waals surface area contributed by atoms with Gasteiger partial charge in [0.05, 0.1) is 30.5 Å². The molecule has 0 bridgehead atoms. The molecular weight excluding hydrogens is 448 g/mol. The van der Waals surface area contributed by atoms with Gasteiger partial charge in [0.15, 0.2) is 0 Å². The zero-order valence-corrected chi connectivity index (χ0v) is 19.2. The number of hydrogen-bond donors (Lipinski definition) is 3. The highest BCUT2D eigenvalue weighted by Crippen LogP contribution is 2.29. The summed E-state index contributed by atoms with van der Waals surface area (Å²) in [5, 5.41) is 6.05. The molecule has 11 heteroatoms. The van der Waals surface area contributed by atoms with Crippen molar-refractivity contribution in [2.75, 3.05) is 61.1 Å². The molecule has 2 saturated heterocycles. The predicted molar refractivity (Wildman–Crippen MR) is 126 cm³/mol. The molecule has 33 heavy (non-hydrogen) atoms. The lowest BCUT2D eigenvalue weighted by atomic mass is 10.1. The van der Waals surface area contributed by atoms with Crippen LogP contribution in [-0.2, 0) is 20.7 Å². The van der Waals surface area contributed by atoms with Crippen LogP contribution >= 0.6 is 11.6 Å². The third kappa shape index (κ3) is 5.63. The minimum absolute atomic E-state index is 0.0487. The number of H-pyrrole nitrogens is 1. The largest absolute Gasteiger partial charge is 0.378 e. The number of halogens is 1. The summed E-state index contributed by atoms with van der Waals surface area (Å²) in [7, 11) is 0. The van der Waals surface area contributed by atoms with Gasteiger partial charge in [0.25, 0.3) is 5.56 Å². The van der Waals surface area contributed by atoms with Gasteiger partial charge in [-0.05, 0) is 31.5 Å². The van der Waals surface area contributed by atoms with Crippen LogP contribution in [0.2, 0.25) is 5.02 Å². The minimum Gasteiger partial charge on any atom is -0.378 e. The first-order chi connectivity index (χ1) is 15.9. The normalized spacial score (nSPS) is 16.5. The summed E-state index contributed by atoms with van der Waals surface area (Å²) in [4.78, 5) is 47.9. The van der Waals surface area contributed by atoms with Crippen LogP contribution in [0.4, 0.5) is 17.3 Å². The molecule has 0 aliphatic carbocycles. The van der Waals surface area contributed by atoms with Crippen molar-refractivity contribution in [2.45, 2.75) is 19.8 Å². The van der Waals surface area contributed by atoms with Gasteiger partial charge >= 0.3 is 0 Å². The van der Waals surface area contributed by atoms with Crippen LogP contribution in [0.15, 0.2) is 23.0 Å². The fourth-order valence-corrected chi connectivity index (χ4v) is 4.26. The SMILES string of the molecule is Cc1nc(N2CCOCC2)[nH]c(=O)c1CCC(=O)Nc1ccc(N2CCNC(=O)C2)c(Cl)c1. The van der Waals surface area contributed by atoms with E-state index in [1.165, 1.54) is 0 Å². The molecule has 0 saturated carbocycles. The second-order valence-corrected chi connectivity index (χ2v) is 8.45. The summed E-state index contributed by atoms with van der Waals surface area (Å²) in [6, 6.07) is 5.21. The molecule has 176 valence electrons. The Labute approximate surface area is 196 Å². The molecule has 3 N–H and O–H groups in total. The van der Waals surface area contributed by atoms with Gasteiger partial charge in [-0.15, -0.1) is 0 Å². The van der Waals surface area contributed by atoms with Crippen LogP contribution in [-0.4, -0.2) is 67.7 Å². The third-order valence-electron chi connectivity index (χ3n) is 5.73. The molecule has 0 spiro atoms. The number of anilines is 3. The van der Waals surface area contributed by atoms with Crippen LogP contribution in [0.1, 0.15) is 17.7 Å². The van der Waals surface area contributed by atoms with Crippen molar-refractivity contribution in [1.82, 2.24) is 15.3 Å². The molecule has 2 aromatic rings. The lowest BCUT2D eigenvalue weighted by molar-refractivity contribution is -0.120. The topological polar surface area (TPSA) is 120 Å². The molecule has 3 heterocycles. The smallest absolute Gasteiger partial charge is 0.255 e. The molecule has 10 nitrogen and oxygen atoms in total. The van der Waals surface area contributed by atoms with Gasteiger partial charge in [-0.25, -0.2) is 4.98 Å². The number of benzene rings is 1. The summed E-state index contributed by atoms with van der Waals surface area (Å²) >= 11 is 6.40. The Morgan fingerprint density at radius 2 is 2.00 bits per heavy atom. The zero-order chi connectivity index (χ0) is 23.4. The van der Waals surface area contributed by atoms with Crippen LogP contribution in [0, 0.1) is 6.92 Å².